The topological polar surface area (TPSA) is 13.1 Å². The minimum atomic E-state index is 0.916. The van der Waals surface area contributed by atoms with Crippen LogP contribution in [0.2, 0.25) is 0 Å². The van der Waals surface area contributed by atoms with Crippen LogP contribution in [0, 0.1) is 0 Å². The van der Waals surface area contributed by atoms with Crippen molar-refractivity contribution in [2.24, 2.45) is 0 Å². The molecular weight excluding hydrogens is 593 g/mol. The van der Waals surface area contributed by atoms with Crippen molar-refractivity contribution < 1.29 is 4.42 Å². The molecule has 49 heavy (non-hydrogen) atoms. The fourth-order valence-corrected chi connectivity index (χ4v) is 7.69. The Labute approximate surface area is 287 Å². The number of benzene rings is 8. The highest BCUT2D eigenvalue weighted by Crippen LogP contribution is 2.46. The van der Waals surface area contributed by atoms with E-state index in [2.05, 4.69) is 159 Å². The third-order valence-electron chi connectivity index (χ3n) is 10.1. The average molecular weight is 629 g/mol. The monoisotopic (exact) mass is 628 g/mol. The molecule has 0 atom stereocenters. The molecule has 0 bridgehead atoms. The second kappa shape index (κ2) is 12.3. The van der Waals surface area contributed by atoms with Crippen molar-refractivity contribution in [2.45, 2.75) is 26.2 Å². The predicted molar refractivity (Wildman–Crippen MR) is 209 cm³/mol. The summed E-state index contributed by atoms with van der Waals surface area (Å²) in [5.41, 5.74) is 13.2. The van der Waals surface area contributed by atoms with Crippen molar-refractivity contribution in [1.29, 1.82) is 0 Å². The lowest BCUT2D eigenvalue weighted by molar-refractivity contribution is 0.669. The molecule has 1 heterocycles. The van der Waals surface area contributed by atoms with E-state index in [1.165, 1.54) is 84.5 Å². The number of hydrogen-bond donors (Lipinski definition) is 0. The Morgan fingerprint density at radius 1 is 0.388 bits per heavy atom. The van der Waals surface area contributed by atoms with Gasteiger partial charge in [-0.3, -0.25) is 0 Å². The normalized spacial score (nSPS) is 11.6. The van der Waals surface area contributed by atoms with Gasteiger partial charge in [-0.15, -0.1) is 0 Å². The van der Waals surface area contributed by atoms with Crippen LogP contribution in [-0.2, 0) is 6.42 Å². The van der Waals surface area contributed by atoms with Crippen LogP contribution in [0.4, 0.5) is 0 Å². The number of rotatable bonds is 7. The van der Waals surface area contributed by atoms with Crippen LogP contribution < -0.4 is 0 Å². The van der Waals surface area contributed by atoms with Crippen LogP contribution >= 0.6 is 0 Å². The van der Waals surface area contributed by atoms with E-state index in [1.54, 1.807) is 0 Å². The maximum atomic E-state index is 6.20. The zero-order valence-electron chi connectivity index (χ0n) is 27.6. The Kier molecular flexibility index (Phi) is 7.32. The number of para-hydroxylation sites is 1. The molecule has 1 nitrogen and oxygen atoms in total. The standard InChI is InChI=1S/C48H36O/c1-2-3-13-32-14-12-15-35(30-32)33-24-26-34(27-25-33)37-16-4-5-18-39(37)48-42-21-8-6-19-40(42)47(41-20-7-9-22-43(41)48)36-28-29-46-44(31-36)38-17-10-11-23-45(38)49-46/h4-12,14-31H,2-3,13H2,1H3. The Balaban J connectivity index is 1.21. The molecule has 0 aliphatic rings. The van der Waals surface area contributed by atoms with Crippen molar-refractivity contribution in [2.75, 3.05) is 0 Å². The molecule has 0 radical (unpaired) electrons. The van der Waals surface area contributed by atoms with Gasteiger partial charge in [0.1, 0.15) is 11.2 Å². The molecule has 0 aliphatic heterocycles. The highest BCUT2D eigenvalue weighted by Gasteiger charge is 2.19. The minimum Gasteiger partial charge on any atom is -0.456 e. The van der Waals surface area contributed by atoms with Crippen LogP contribution in [-0.4, -0.2) is 0 Å². The van der Waals surface area contributed by atoms with Crippen LogP contribution in [0.25, 0.3) is 88.0 Å². The van der Waals surface area contributed by atoms with Crippen LogP contribution in [0.15, 0.2) is 168 Å². The Morgan fingerprint density at radius 3 is 1.67 bits per heavy atom. The van der Waals surface area contributed by atoms with Gasteiger partial charge < -0.3 is 4.42 Å². The summed E-state index contributed by atoms with van der Waals surface area (Å²) in [6.45, 7) is 2.25. The van der Waals surface area contributed by atoms with Gasteiger partial charge in [-0.2, -0.15) is 0 Å². The predicted octanol–water partition coefficient (Wildman–Crippen LogP) is 13.9. The molecule has 0 spiro atoms. The highest BCUT2D eigenvalue weighted by atomic mass is 16.3. The van der Waals surface area contributed by atoms with E-state index in [4.69, 9.17) is 4.42 Å². The molecule has 9 rings (SSSR count). The molecule has 0 saturated carbocycles. The lowest BCUT2D eigenvalue weighted by atomic mass is 9.83. The third-order valence-corrected chi connectivity index (χ3v) is 10.1. The molecule has 234 valence electrons. The van der Waals surface area contributed by atoms with Crippen molar-refractivity contribution in [1.82, 2.24) is 0 Å². The van der Waals surface area contributed by atoms with Gasteiger partial charge in [-0.25, -0.2) is 0 Å². The Bertz CT molecular complexity index is 2580. The van der Waals surface area contributed by atoms with E-state index in [9.17, 15) is 0 Å². The van der Waals surface area contributed by atoms with Gasteiger partial charge in [-0.05, 0) is 103 Å². The van der Waals surface area contributed by atoms with E-state index < -0.39 is 0 Å². The Hall–Kier alpha value is -5.92. The molecule has 1 aromatic heterocycles. The van der Waals surface area contributed by atoms with Crippen molar-refractivity contribution in [3.63, 3.8) is 0 Å². The molecule has 1 heteroatoms. The summed E-state index contributed by atoms with van der Waals surface area (Å²) < 4.78 is 6.20. The molecule has 0 amide bonds. The summed E-state index contributed by atoms with van der Waals surface area (Å²) in [7, 11) is 0. The van der Waals surface area contributed by atoms with E-state index in [0.717, 1.165) is 28.4 Å². The highest BCUT2D eigenvalue weighted by molar-refractivity contribution is 6.23. The fourth-order valence-electron chi connectivity index (χ4n) is 7.69. The molecule has 9 aromatic rings. The zero-order chi connectivity index (χ0) is 32.7. The number of hydrogen-bond acceptors (Lipinski definition) is 1. The second-order valence-corrected chi connectivity index (χ2v) is 13.1. The van der Waals surface area contributed by atoms with Crippen molar-refractivity contribution >= 4 is 43.5 Å². The second-order valence-electron chi connectivity index (χ2n) is 13.1. The minimum absolute atomic E-state index is 0.916. The van der Waals surface area contributed by atoms with Gasteiger partial charge in [0.25, 0.3) is 0 Å². The molecule has 0 unspecified atom stereocenters. The largest absolute Gasteiger partial charge is 0.456 e. The van der Waals surface area contributed by atoms with Crippen molar-refractivity contribution in [3.05, 3.63) is 169 Å². The number of unbranched alkanes of at least 4 members (excludes halogenated alkanes) is 1. The van der Waals surface area contributed by atoms with Gasteiger partial charge in [0.05, 0.1) is 0 Å². The van der Waals surface area contributed by atoms with E-state index >= 15 is 0 Å². The molecular formula is C48H36O. The summed E-state index contributed by atoms with van der Waals surface area (Å²) in [4.78, 5) is 0. The lowest BCUT2D eigenvalue weighted by Crippen LogP contribution is -1.92. The number of aryl methyl sites for hydroxylation is 1. The maximum absolute atomic E-state index is 6.20. The third kappa shape index (κ3) is 5.10. The first-order valence-corrected chi connectivity index (χ1v) is 17.4. The van der Waals surface area contributed by atoms with Crippen molar-refractivity contribution in [3.8, 4) is 44.5 Å². The first-order chi connectivity index (χ1) is 24.3. The summed E-state index contributed by atoms with van der Waals surface area (Å²) in [6, 6.07) is 59.8. The summed E-state index contributed by atoms with van der Waals surface area (Å²) in [6.07, 6.45) is 3.57. The first-order valence-electron chi connectivity index (χ1n) is 17.4. The molecule has 0 fully saturated rings. The SMILES string of the molecule is CCCCc1cccc(-c2ccc(-c3ccccc3-c3c4ccccc4c(-c4ccc5oc6ccccc6c5c4)c4ccccc34)cc2)c1. The summed E-state index contributed by atoms with van der Waals surface area (Å²) in [5.74, 6) is 0. The van der Waals surface area contributed by atoms with E-state index in [-0.39, 0.29) is 0 Å². The molecule has 8 aromatic carbocycles. The van der Waals surface area contributed by atoms with Crippen LogP contribution in [0.3, 0.4) is 0 Å². The van der Waals surface area contributed by atoms with E-state index in [0.29, 0.717) is 0 Å². The van der Waals surface area contributed by atoms with Crippen LogP contribution in [0.1, 0.15) is 25.3 Å². The molecule has 0 N–H and O–H groups in total. The quantitative estimate of drug-likeness (QED) is 0.160. The fraction of sp³-hybridized carbons (Fsp3) is 0.0833. The number of furan rings is 1. The average Bonchev–Trinajstić information content (AvgIpc) is 3.54. The van der Waals surface area contributed by atoms with Gasteiger partial charge in [-0.1, -0.05) is 159 Å². The summed E-state index contributed by atoms with van der Waals surface area (Å²) in [5, 5.41) is 7.29. The first kappa shape index (κ1) is 29.2. The number of fused-ring (bicyclic) bond motifs is 5. The molecule has 0 aliphatic carbocycles. The maximum Gasteiger partial charge on any atom is 0.135 e. The van der Waals surface area contributed by atoms with Gasteiger partial charge in [0.15, 0.2) is 0 Å². The van der Waals surface area contributed by atoms with Gasteiger partial charge in [0.2, 0.25) is 0 Å². The van der Waals surface area contributed by atoms with Crippen LogP contribution in [0.5, 0.6) is 0 Å². The van der Waals surface area contributed by atoms with Gasteiger partial charge in [0, 0.05) is 10.8 Å². The Morgan fingerprint density at radius 2 is 0.959 bits per heavy atom. The zero-order valence-corrected chi connectivity index (χ0v) is 27.6. The summed E-state index contributed by atoms with van der Waals surface area (Å²) >= 11 is 0. The molecule has 0 saturated heterocycles. The lowest BCUT2D eigenvalue weighted by Gasteiger charge is -2.20. The van der Waals surface area contributed by atoms with E-state index in [1.807, 2.05) is 12.1 Å². The smallest absolute Gasteiger partial charge is 0.135 e. The van der Waals surface area contributed by atoms with Gasteiger partial charge >= 0.3 is 0 Å².